The zero-order valence-corrected chi connectivity index (χ0v) is 10.7. The molecule has 18 heavy (non-hydrogen) atoms. The Balaban J connectivity index is 2.45. The zero-order chi connectivity index (χ0) is 13.1. The maximum absolute atomic E-state index is 13.2. The molecule has 2 aromatic rings. The first-order chi connectivity index (χ1) is 8.61. The number of rotatable bonds is 3. The Labute approximate surface area is 111 Å². The van der Waals surface area contributed by atoms with Crippen molar-refractivity contribution in [3.8, 4) is 0 Å². The summed E-state index contributed by atoms with van der Waals surface area (Å²) in [5, 5.41) is 0.613. The van der Waals surface area contributed by atoms with Crippen LogP contribution in [0.5, 0.6) is 0 Å². The number of aryl methyl sites for hydroxylation is 1. The number of halogens is 2. The number of nitrogens with two attached hydrogens (primary N) is 1. The summed E-state index contributed by atoms with van der Waals surface area (Å²) in [4.78, 5) is 0. The van der Waals surface area contributed by atoms with Crippen LogP contribution in [0.15, 0.2) is 42.5 Å². The van der Waals surface area contributed by atoms with E-state index in [-0.39, 0.29) is 11.9 Å². The molecule has 4 heteroatoms. The minimum atomic E-state index is -0.325. The molecule has 0 fully saturated rings. The monoisotopic (exact) mass is 264 g/mol. The second-order valence-corrected chi connectivity index (χ2v) is 4.59. The zero-order valence-electron chi connectivity index (χ0n) is 9.95. The Morgan fingerprint density at radius 3 is 2.61 bits per heavy atom. The molecule has 1 atom stereocenters. The molecule has 94 valence electrons. The van der Waals surface area contributed by atoms with Crippen molar-refractivity contribution in [3.05, 3.63) is 70.0 Å². The number of benzene rings is 2. The molecule has 3 N–H and O–H groups in total. The van der Waals surface area contributed by atoms with Gasteiger partial charge in [0.25, 0.3) is 0 Å². The average Bonchev–Trinajstić information content (AvgIpc) is 2.33. The van der Waals surface area contributed by atoms with Crippen LogP contribution in [-0.2, 0) is 0 Å². The van der Waals surface area contributed by atoms with Gasteiger partial charge in [-0.3, -0.25) is 5.84 Å². The summed E-state index contributed by atoms with van der Waals surface area (Å²) in [7, 11) is 0. The molecule has 0 aliphatic carbocycles. The molecule has 0 amide bonds. The van der Waals surface area contributed by atoms with Crippen molar-refractivity contribution in [2.45, 2.75) is 13.0 Å². The van der Waals surface area contributed by atoms with E-state index >= 15 is 0 Å². The topological polar surface area (TPSA) is 38.0 Å². The first-order valence-electron chi connectivity index (χ1n) is 5.59. The molecular weight excluding hydrogens is 251 g/mol. The Morgan fingerprint density at radius 2 is 2.00 bits per heavy atom. The van der Waals surface area contributed by atoms with Crippen LogP contribution in [0.25, 0.3) is 0 Å². The van der Waals surface area contributed by atoms with Gasteiger partial charge in [0.15, 0.2) is 0 Å². The van der Waals surface area contributed by atoms with Gasteiger partial charge in [0.2, 0.25) is 0 Å². The molecule has 0 saturated carbocycles. The van der Waals surface area contributed by atoms with Crippen LogP contribution in [0.4, 0.5) is 4.39 Å². The van der Waals surface area contributed by atoms with Gasteiger partial charge in [0.05, 0.1) is 6.04 Å². The first-order valence-corrected chi connectivity index (χ1v) is 5.97. The van der Waals surface area contributed by atoms with E-state index in [2.05, 4.69) is 5.43 Å². The van der Waals surface area contributed by atoms with Gasteiger partial charge in [-0.1, -0.05) is 35.9 Å². The lowest BCUT2D eigenvalue weighted by Crippen LogP contribution is -2.29. The number of nitrogens with one attached hydrogen (secondary N) is 1. The number of hydrogen-bond donors (Lipinski definition) is 2. The van der Waals surface area contributed by atoms with E-state index in [1.54, 1.807) is 6.07 Å². The summed E-state index contributed by atoms with van der Waals surface area (Å²) in [5.41, 5.74) is 5.31. The van der Waals surface area contributed by atoms with Crippen molar-refractivity contribution in [3.63, 3.8) is 0 Å². The Kier molecular flexibility index (Phi) is 3.97. The summed E-state index contributed by atoms with van der Waals surface area (Å²) < 4.78 is 13.2. The molecule has 0 aliphatic rings. The SMILES string of the molecule is Cc1ccc(C(NN)c2cccc(F)c2)c(Cl)c1. The molecule has 2 rings (SSSR count). The second kappa shape index (κ2) is 5.48. The largest absolute Gasteiger partial charge is 0.271 e. The van der Waals surface area contributed by atoms with Gasteiger partial charge in [0.1, 0.15) is 5.82 Å². The highest BCUT2D eigenvalue weighted by Gasteiger charge is 2.15. The smallest absolute Gasteiger partial charge is 0.123 e. The standard InChI is InChI=1S/C14H14ClFN2/c1-9-5-6-12(13(15)7-9)14(18-17)10-3-2-4-11(16)8-10/h2-8,14,18H,17H2,1H3. The van der Waals surface area contributed by atoms with Crippen molar-refractivity contribution < 1.29 is 4.39 Å². The van der Waals surface area contributed by atoms with Crippen LogP contribution < -0.4 is 11.3 Å². The molecule has 2 aromatic carbocycles. The lowest BCUT2D eigenvalue weighted by Gasteiger charge is -2.18. The fourth-order valence-corrected chi connectivity index (χ4v) is 2.26. The molecule has 0 radical (unpaired) electrons. The van der Waals surface area contributed by atoms with Crippen molar-refractivity contribution >= 4 is 11.6 Å². The lowest BCUT2D eigenvalue weighted by atomic mass is 9.98. The summed E-state index contributed by atoms with van der Waals surface area (Å²) in [5.74, 6) is 5.27. The van der Waals surface area contributed by atoms with E-state index in [0.717, 1.165) is 16.7 Å². The van der Waals surface area contributed by atoms with Crippen molar-refractivity contribution in [2.24, 2.45) is 5.84 Å². The van der Waals surface area contributed by atoms with Gasteiger partial charge in [-0.15, -0.1) is 0 Å². The molecule has 0 heterocycles. The average molecular weight is 265 g/mol. The van der Waals surface area contributed by atoms with Gasteiger partial charge >= 0.3 is 0 Å². The summed E-state index contributed by atoms with van der Waals surface area (Å²) >= 11 is 6.20. The number of hydrogen-bond acceptors (Lipinski definition) is 2. The molecule has 1 unspecified atom stereocenters. The minimum Gasteiger partial charge on any atom is -0.271 e. The van der Waals surface area contributed by atoms with E-state index < -0.39 is 0 Å². The predicted molar refractivity (Wildman–Crippen MR) is 71.8 cm³/mol. The third kappa shape index (κ3) is 2.70. The molecule has 0 spiro atoms. The summed E-state index contributed by atoms with van der Waals surface area (Å²) in [6.45, 7) is 1.96. The predicted octanol–water partition coefficient (Wildman–Crippen LogP) is 3.34. The van der Waals surface area contributed by atoms with Gasteiger partial charge < -0.3 is 0 Å². The quantitative estimate of drug-likeness (QED) is 0.659. The van der Waals surface area contributed by atoms with E-state index in [9.17, 15) is 4.39 Å². The third-order valence-corrected chi connectivity index (χ3v) is 3.14. The van der Waals surface area contributed by atoms with Crippen LogP contribution >= 0.6 is 11.6 Å². The maximum atomic E-state index is 13.2. The van der Waals surface area contributed by atoms with Crippen molar-refractivity contribution in [1.82, 2.24) is 5.43 Å². The van der Waals surface area contributed by atoms with Crippen LogP contribution in [0.2, 0.25) is 5.02 Å². The summed E-state index contributed by atoms with van der Waals surface area (Å²) in [6.07, 6.45) is 0. The Bertz CT molecular complexity index is 557. The van der Waals surface area contributed by atoms with Gasteiger partial charge in [-0.2, -0.15) is 0 Å². The van der Waals surface area contributed by atoms with Gasteiger partial charge in [-0.25, -0.2) is 9.82 Å². The maximum Gasteiger partial charge on any atom is 0.123 e. The molecular formula is C14H14ClFN2. The Hall–Kier alpha value is -1.42. The summed E-state index contributed by atoms with van der Waals surface area (Å²) in [6, 6.07) is 11.7. The van der Waals surface area contributed by atoms with Crippen LogP contribution in [-0.4, -0.2) is 0 Å². The normalized spacial score (nSPS) is 12.4. The molecule has 2 nitrogen and oxygen atoms in total. The van der Waals surface area contributed by atoms with Crippen molar-refractivity contribution in [1.29, 1.82) is 0 Å². The van der Waals surface area contributed by atoms with E-state index in [1.165, 1.54) is 12.1 Å². The minimum absolute atomic E-state index is 0.295. The second-order valence-electron chi connectivity index (χ2n) is 4.18. The Morgan fingerprint density at radius 1 is 1.22 bits per heavy atom. The third-order valence-electron chi connectivity index (χ3n) is 2.82. The fourth-order valence-electron chi connectivity index (χ4n) is 1.92. The molecule has 0 bridgehead atoms. The highest BCUT2D eigenvalue weighted by atomic mass is 35.5. The molecule has 0 saturated heterocycles. The highest BCUT2D eigenvalue weighted by Crippen LogP contribution is 2.28. The molecule has 0 aromatic heterocycles. The van der Waals surface area contributed by atoms with E-state index in [0.29, 0.717) is 5.02 Å². The van der Waals surface area contributed by atoms with Gasteiger partial charge in [0, 0.05) is 5.02 Å². The van der Waals surface area contributed by atoms with Crippen LogP contribution in [0, 0.1) is 12.7 Å². The van der Waals surface area contributed by atoms with Crippen molar-refractivity contribution in [2.75, 3.05) is 0 Å². The fraction of sp³-hybridized carbons (Fsp3) is 0.143. The van der Waals surface area contributed by atoms with E-state index in [1.807, 2.05) is 31.2 Å². The van der Waals surface area contributed by atoms with E-state index in [4.69, 9.17) is 17.4 Å². The first kappa shape index (κ1) is 13.0. The van der Waals surface area contributed by atoms with Crippen LogP contribution in [0.3, 0.4) is 0 Å². The van der Waals surface area contributed by atoms with Gasteiger partial charge in [-0.05, 0) is 41.8 Å². The van der Waals surface area contributed by atoms with Crippen LogP contribution in [0.1, 0.15) is 22.7 Å². The lowest BCUT2D eigenvalue weighted by molar-refractivity contribution is 0.605. The highest BCUT2D eigenvalue weighted by molar-refractivity contribution is 6.31. The molecule has 0 aliphatic heterocycles. The number of hydrazine groups is 1.